The Labute approximate surface area is 152 Å². The third-order valence-corrected chi connectivity index (χ3v) is 3.69. The van der Waals surface area contributed by atoms with Gasteiger partial charge in [-0.05, 0) is 18.6 Å². The van der Waals surface area contributed by atoms with E-state index in [0.717, 1.165) is 24.9 Å². The fourth-order valence-corrected chi connectivity index (χ4v) is 2.26. The van der Waals surface area contributed by atoms with Gasteiger partial charge in [0.15, 0.2) is 11.6 Å². The van der Waals surface area contributed by atoms with Crippen molar-refractivity contribution in [3.8, 4) is 11.5 Å². The molecule has 1 aromatic carbocycles. The number of benzene rings is 1. The standard InChI is InChI=1S/C18H24N4O4/c1-4-5-8-20-16-15(10-21-18(19)22-16)26-11-13-7-6-12(17(23)25-3)9-14(13)24-2/h6-7,9-10H,4-5,8,11H2,1-3H3,(H3,19,20,21,22). The van der Waals surface area contributed by atoms with Crippen LogP contribution in [0.3, 0.4) is 0 Å². The van der Waals surface area contributed by atoms with Crippen molar-refractivity contribution >= 4 is 17.7 Å². The Morgan fingerprint density at radius 2 is 2.08 bits per heavy atom. The number of anilines is 2. The van der Waals surface area contributed by atoms with E-state index in [1.165, 1.54) is 20.4 Å². The Bertz CT molecular complexity index is 752. The largest absolute Gasteiger partial charge is 0.496 e. The van der Waals surface area contributed by atoms with Crippen molar-refractivity contribution in [1.82, 2.24) is 9.97 Å². The van der Waals surface area contributed by atoms with Crippen LogP contribution in [0.2, 0.25) is 0 Å². The highest BCUT2D eigenvalue weighted by atomic mass is 16.5. The highest BCUT2D eigenvalue weighted by molar-refractivity contribution is 5.89. The van der Waals surface area contributed by atoms with E-state index >= 15 is 0 Å². The zero-order chi connectivity index (χ0) is 18.9. The molecule has 0 bridgehead atoms. The molecule has 8 nitrogen and oxygen atoms in total. The minimum absolute atomic E-state index is 0.177. The minimum atomic E-state index is -0.426. The van der Waals surface area contributed by atoms with Crippen molar-refractivity contribution in [1.29, 1.82) is 0 Å². The zero-order valence-corrected chi connectivity index (χ0v) is 15.2. The SMILES string of the molecule is CCCCNc1nc(N)ncc1OCc1ccc(C(=O)OC)cc1OC. The predicted molar refractivity (Wildman–Crippen MR) is 98.5 cm³/mol. The van der Waals surface area contributed by atoms with E-state index in [-0.39, 0.29) is 12.6 Å². The molecule has 1 heterocycles. The first-order chi connectivity index (χ1) is 12.6. The Morgan fingerprint density at radius 3 is 2.77 bits per heavy atom. The molecular weight excluding hydrogens is 336 g/mol. The van der Waals surface area contributed by atoms with Gasteiger partial charge < -0.3 is 25.3 Å². The van der Waals surface area contributed by atoms with E-state index in [9.17, 15) is 4.79 Å². The second kappa shape index (κ2) is 9.45. The molecule has 26 heavy (non-hydrogen) atoms. The third-order valence-electron chi connectivity index (χ3n) is 3.69. The van der Waals surface area contributed by atoms with Crippen LogP contribution in [0.25, 0.3) is 0 Å². The van der Waals surface area contributed by atoms with Crippen molar-refractivity contribution < 1.29 is 19.0 Å². The van der Waals surface area contributed by atoms with Crippen molar-refractivity contribution in [3.05, 3.63) is 35.5 Å². The summed E-state index contributed by atoms with van der Waals surface area (Å²) >= 11 is 0. The second-order valence-electron chi connectivity index (χ2n) is 5.53. The zero-order valence-electron chi connectivity index (χ0n) is 15.2. The molecule has 0 atom stereocenters. The maximum Gasteiger partial charge on any atom is 0.337 e. The highest BCUT2D eigenvalue weighted by Crippen LogP contribution is 2.26. The van der Waals surface area contributed by atoms with Crippen LogP contribution in [0, 0.1) is 0 Å². The van der Waals surface area contributed by atoms with Crippen LogP contribution >= 0.6 is 0 Å². The van der Waals surface area contributed by atoms with E-state index in [4.69, 9.17) is 19.9 Å². The molecule has 2 aromatic rings. The molecule has 0 unspecified atom stereocenters. The van der Waals surface area contributed by atoms with Crippen LogP contribution in [0.1, 0.15) is 35.7 Å². The number of nitrogens with two attached hydrogens (primary N) is 1. The third kappa shape index (κ3) is 4.98. The van der Waals surface area contributed by atoms with Gasteiger partial charge in [-0.3, -0.25) is 0 Å². The Hall–Kier alpha value is -3.03. The lowest BCUT2D eigenvalue weighted by molar-refractivity contribution is 0.0600. The molecule has 0 saturated carbocycles. The number of aromatic nitrogens is 2. The van der Waals surface area contributed by atoms with Crippen LogP contribution in [0.5, 0.6) is 11.5 Å². The summed E-state index contributed by atoms with van der Waals surface area (Å²) in [5, 5.41) is 3.20. The van der Waals surface area contributed by atoms with Gasteiger partial charge in [0.05, 0.1) is 26.0 Å². The normalized spacial score (nSPS) is 10.3. The number of methoxy groups -OCH3 is 2. The number of rotatable bonds is 9. The van der Waals surface area contributed by atoms with Gasteiger partial charge in [0.2, 0.25) is 5.95 Å². The number of nitrogen functional groups attached to an aromatic ring is 1. The van der Waals surface area contributed by atoms with Crippen molar-refractivity contribution in [3.63, 3.8) is 0 Å². The van der Waals surface area contributed by atoms with Crippen LogP contribution in [-0.4, -0.2) is 36.7 Å². The van der Waals surface area contributed by atoms with E-state index in [1.54, 1.807) is 18.2 Å². The van der Waals surface area contributed by atoms with Crippen LogP contribution < -0.4 is 20.5 Å². The molecule has 8 heteroatoms. The molecule has 0 amide bonds. The van der Waals surface area contributed by atoms with Crippen LogP contribution in [-0.2, 0) is 11.3 Å². The lowest BCUT2D eigenvalue weighted by atomic mass is 10.1. The second-order valence-corrected chi connectivity index (χ2v) is 5.53. The Balaban J connectivity index is 2.14. The number of hydrogen-bond donors (Lipinski definition) is 2. The first kappa shape index (κ1) is 19.3. The van der Waals surface area contributed by atoms with Gasteiger partial charge in [-0.1, -0.05) is 19.4 Å². The highest BCUT2D eigenvalue weighted by Gasteiger charge is 2.13. The molecule has 3 N–H and O–H groups in total. The minimum Gasteiger partial charge on any atom is -0.496 e. The summed E-state index contributed by atoms with van der Waals surface area (Å²) in [5.74, 6) is 1.33. The fourth-order valence-electron chi connectivity index (χ4n) is 2.26. The summed E-state index contributed by atoms with van der Waals surface area (Å²) in [7, 11) is 2.87. The molecule has 0 spiro atoms. The summed E-state index contributed by atoms with van der Waals surface area (Å²) in [6.07, 6.45) is 3.60. The number of esters is 1. The average molecular weight is 360 g/mol. The maximum atomic E-state index is 11.6. The first-order valence-electron chi connectivity index (χ1n) is 8.33. The first-order valence-corrected chi connectivity index (χ1v) is 8.33. The molecule has 0 fully saturated rings. The van der Waals surface area contributed by atoms with Gasteiger partial charge in [-0.2, -0.15) is 4.98 Å². The van der Waals surface area contributed by atoms with E-state index in [1.807, 2.05) is 0 Å². The smallest absolute Gasteiger partial charge is 0.337 e. The van der Waals surface area contributed by atoms with Gasteiger partial charge in [-0.15, -0.1) is 0 Å². The van der Waals surface area contributed by atoms with Crippen LogP contribution in [0.4, 0.5) is 11.8 Å². The Morgan fingerprint density at radius 1 is 1.27 bits per heavy atom. The monoisotopic (exact) mass is 360 g/mol. The van der Waals surface area contributed by atoms with E-state index < -0.39 is 5.97 Å². The van der Waals surface area contributed by atoms with Crippen LogP contribution in [0.15, 0.2) is 24.4 Å². The number of ether oxygens (including phenoxy) is 3. The predicted octanol–water partition coefficient (Wildman–Crippen LogP) is 2.65. The summed E-state index contributed by atoms with van der Waals surface area (Å²) in [6.45, 7) is 3.10. The molecule has 0 aliphatic heterocycles. The van der Waals surface area contributed by atoms with Gasteiger partial charge in [-0.25, -0.2) is 9.78 Å². The molecule has 140 valence electrons. The van der Waals surface area contributed by atoms with E-state index in [2.05, 4.69) is 22.2 Å². The number of nitrogens with one attached hydrogen (secondary N) is 1. The summed E-state index contributed by atoms with van der Waals surface area (Å²) in [6, 6.07) is 5.03. The lowest BCUT2D eigenvalue weighted by Crippen LogP contribution is -2.09. The number of carbonyl (C=O) groups excluding carboxylic acids is 1. The number of hydrogen-bond acceptors (Lipinski definition) is 8. The van der Waals surface area contributed by atoms with Crippen molar-refractivity contribution in [2.45, 2.75) is 26.4 Å². The molecule has 0 aliphatic carbocycles. The lowest BCUT2D eigenvalue weighted by Gasteiger charge is -2.14. The quantitative estimate of drug-likeness (QED) is 0.519. The van der Waals surface area contributed by atoms with Gasteiger partial charge in [0.1, 0.15) is 12.4 Å². The molecular formula is C18H24N4O4. The number of carbonyl (C=O) groups is 1. The summed E-state index contributed by atoms with van der Waals surface area (Å²) < 4.78 is 15.9. The molecule has 0 radical (unpaired) electrons. The molecule has 1 aromatic heterocycles. The number of nitrogens with zero attached hydrogens (tertiary/aromatic N) is 2. The maximum absolute atomic E-state index is 11.6. The number of unbranched alkanes of at least 4 members (excludes halogenated alkanes) is 1. The van der Waals surface area contributed by atoms with E-state index in [0.29, 0.717) is 22.9 Å². The molecule has 0 aliphatic rings. The molecule has 2 rings (SSSR count). The Kier molecular flexibility index (Phi) is 7.02. The topological polar surface area (TPSA) is 109 Å². The van der Waals surface area contributed by atoms with Gasteiger partial charge in [0, 0.05) is 12.1 Å². The van der Waals surface area contributed by atoms with Crippen molar-refractivity contribution in [2.75, 3.05) is 31.8 Å². The molecule has 0 saturated heterocycles. The van der Waals surface area contributed by atoms with Gasteiger partial charge >= 0.3 is 5.97 Å². The average Bonchev–Trinajstić information content (AvgIpc) is 2.66. The summed E-state index contributed by atoms with van der Waals surface area (Å²) in [4.78, 5) is 19.8. The van der Waals surface area contributed by atoms with Gasteiger partial charge in [0.25, 0.3) is 0 Å². The van der Waals surface area contributed by atoms with Crippen molar-refractivity contribution in [2.24, 2.45) is 0 Å². The fraction of sp³-hybridized carbons (Fsp3) is 0.389. The summed E-state index contributed by atoms with van der Waals surface area (Å²) in [5.41, 5.74) is 6.84.